The van der Waals surface area contributed by atoms with E-state index in [0.717, 1.165) is 6.42 Å². The molecule has 3 heterocycles. The number of amides is 4. The number of ether oxygens (including phenoxy) is 1. The van der Waals surface area contributed by atoms with Crippen molar-refractivity contribution in [3.8, 4) is 0 Å². The first-order valence-electron chi connectivity index (χ1n) is 11.1. The zero-order valence-electron chi connectivity index (χ0n) is 18.1. The minimum atomic E-state index is -0.841. The van der Waals surface area contributed by atoms with Gasteiger partial charge in [-0.2, -0.15) is 0 Å². The molecule has 3 saturated heterocycles. The van der Waals surface area contributed by atoms with Gasteiger partial charge in [-0.1, -0.05) is 12.8 Å². The van der Waals surface area contributed by atoms with Crippen molar-refractivity contribution in [2.45, 2.75) is 89.1 Å². The molecule has 10 nitrogen and oxygen atoms in total. The average Bonchev–Trinajstić information content (AvgIpc) is 3.47. The fourth-order valence-electron chi connectivity index (χ4n) is 4.06. The van der Waals surface area contributed by atoms with Gasteiger partial charge in [-0.15, -0.1) is 0 Å². The standard InChI is InChI=1S/C21H32N4O6/c1-12-18(27)22-13(2)19(28)24-14(7-4-3-5-9-16(26)17-11-31-17)21(30)25-10-6-8-15(25)20(29)23-12/h12-15,17H,3-11H2,1-2H3,(H,22,27)(H,23,29)(H,24,28)/t12-,13-,14?,15-,17?/m0/s1. The Hall–Kier alpha value is -2.49. The molecule has 3 aliphatic rings. The van der Waals surface area contributed by atoms with Crippen molar-refractivity contribution >= 4 is 29.4 Å². The van der Waals surface area contributed by atoms with Crippen molar-refractivity contribution in [1.82, 2.24) is 20.9 Å². The molecule has 3 aliphatic heterocycles. The average molecular weight is 437 g/mol. The predicted molar refractivity (Wildman–Crippen MR) is 110 cm³/mol. The predicted octanol–water partition coefficient (Wildman–Crippen LogP) is -0.596. The highest BCUT2D eigenvalue weighted by Crippen LogP contribution is 2.21. The molecule has 3 fully saturated rings. The number of nitrogens with zero attached hydrogens (tertiary/aromatic N) is 1. The Morgan fingerprint density at radius 1 is 0.968 bits per heavy atom. The molecule has 3 N–H and O–H groups in total. The Bertz CT molecular complexity index is 737. The third kappa shape index (κ3) is 6.03. The second-order valence-corrected chi connectivity index (χ2v) is 8.60. The molecule has 2 unspecified atom stereocenters. The molecule has 0 radical (unpaired) electrons. The van der Waals surface area contributed by atoms with Crippen LogP contribution in [0.5, 0.6) is 0 Å². The van der Waals surface area contributed by atoms with Gasteiger partial charge in [0.1, 0.15) is 30.3 Å². The summed E-state index contributed by atoms with van der Waals surface area (Å²) in [4.78, 5) is 64.0. The van der Waals surface area contributed by atoms with Gasteiger partial charge in [-0.05, 0) is 39.5 Å². The minimum absolute atomic E-state index is 0.111. The molecule has 4 amide bonds. The van der Waals surface area contributed by atoms with Crippen LogP contribution in [0.1, 0.15) is 58.8 Å². The molecule has 0 aliphatic carbocycles. The van der Waals surface area contributed by atoms with E-state index in [9.17, 15) is 24.0 Å². The lowest BCUT2D eigenvalue weighted by atomic mass is 10.0. The monoisotopic (exact) mass is 436 g/mol. The number of Topliss-reactive ketones (excluding diaryl/α,β-unsaturated/α-hetero) is 1. The normalized spacial score (nSPS) is 31.7. The minimum Gasteiger partial charge on any atom is -0.365 e. The molecule has 0 aromatic rings. The second kappa shape index (κ2) is 10.2. The van der Waals surface area contributed by atoms with Crippen molar-refractivity contribution in [1.29, 1.82) is 0 Å². The first-order chi connectivity index (χ1) is 14.8. The zero-order chi connectivity index (χ0) is 22.5. The van der Waals surface area contributed by atoms with Crippen LogP contribution in [0.4, 0.5) is 0 Å². The number of carbonyl (C=O) groups is 5. The van der Waals surface area contributed by atoms with Crippen LogP contribution < -0.4 is 16.0 Å². The fraction of sp³-hybridized carbons (Fsp3) is 0.762. The van der Waals surface area contributed by atoms with Crippen molar-refractivity contribution in [2.75, 3.05) is 13.2 Å². The largest absolute Gasteiger partial charge is 0.365 e. The van der Waals surface area contributed by atoms with Crippen molar-refractivity contribution < 1.29 is 28.7 Å². The topological polar surface area (TPSA) is 137 Å². The third-order valence-electron chi connectivity index (χ3n) is 6.07. The van der Waals surface area contributed by atoms with Crippen LogP contribution in [0.3, 0.4) is 0 Å². The van der Waals surface area contributed by atoms with Gasteiger partial charge in [-0.3, -0.25) is 24.0 Å². The van der Waals surface area contributed by atoms with Crippen LogP contribution in [-0.4, -0.2) is 77.7 Å². The Labute approximate surface area is 181 Å². The second-order valence-electron chi connectivity index (χ2n) is 8.60. The molecular formula is C21H32N4O6. The zero-order valence-corrected chi connectivity index (χ0v) is 18.1. The van der Waals surface area contributed by atoms with Crippen molar-refractivity contribution in [3.05, 3.63) is 0 Å². The molecular weight excluding hydrogens is 404 g/mol. The smallest absolute Gasteiger partial charge is 0.245 e. The SMILES string of the molecule is C[C@@H]1NC(=O)[C@H](C)NC(=O)[C@@H]2CCCN2C(=O)C(CCCCCC(=O)C2CO2)NC1=O. The van der Waals surface area contributed by atoms with Crippen LogP contribution in [-0.2, 0) is 28.7 Å². The number of fused-ring (bicyclic) bond motifs is 1. The number of epoxide rings is 1. The Kier molecular flexibility index (Phi) is 7.64. The van der Waals surface area contributed by atoms with Gasteiger partial charge in [0, 0.05) is 13.0 Å². The number of nitrogens with one attached hydrogen (secondary N) is 3. The van der Waals surface area contributed by atoms with E-state index in [1.165, 1.54) is 4.90 Å². The van der Waals surface area contributed by atoms with Crippen LogP contribution >= 0.6 is 0 Å². The van der Waals surface area contributed by atoms with Crippen LogP contribution in [0, 0.1) is 0 Å². The lowest BCUT2D eigenvalue weighted by Crippen LogP contribution is -2.60. The van der Waals surface area contributed by atoms with Gasteiger partial charge in [0.2, 0.25) is 23.6 Å². The first-order valence-corrected chi connectivity index (χ1v) is 11.1. The number of unbranched alkanes of at least 4 members (excludes halogenated alkanes) is 2. The maximum atomic E-state index is 13.2. The van der Waals surface area contributed by atoms with E-state index in [4.69, 9.17) is 4.74 Å². The summed E-state index contributed by atoms with van der Waals surface area (Å²) in [5.41, 5.74) is 0. The van der Waals surface area contributed by atoms with Gasteiger partial charge < -0.3 is 25.6 Å². The Balaban J connectivity index is 1.65. The summed E-state index contributed by atoms with van der Waals surface area (Å²) in [6, 6.07) is -3.07. The van der Waals surface area contributed by atoms with E-state index >= 15 is 0 Å². The number of ketones is 1. The van der Waals surface area contributed by atoms with Crippen molar-refractivity contribution in [3.63, 3.8) is 0 Å². The van der Waals surface area contributed by atoms with Gasteiger partial charge >= 0.3 is 0 Å². The number of hydrogen-bond acceptors (Lipinski definition) is 6. The first kappa shape index (κ1) is 23.2. The van der Waals surface area contributed by atoms with E-state index < -0.39 is 36.0 Å². The number of hydrogen-bond donors (Lipinski definition) is 3. The van der Waals surface area contributed by atoms with E-state index in [2.05, 4.69) is 16.0 Å². The van der Waals surface area contributed by atoms with Crippen LogP contribution in [0.25, 0.3) is 0 Å². The molecule has 0 spiro atoms. The van der Waals surface area contributed by atoms with E-state index in [-0.39, 0.29) is 23.7 Å². The summed E-state index contributed by atoms with van der Waals surface area (Å²) in [7, 11) is 0. The van der Waals surface area contributed by atoms with E-state index in [0.29, 0.717) is 51.7 Å². The maximum absolute atomic E-state index is 13.2. The highest BCUT2D eigenvalue weighted by molar-refractivity contribution is 5.97. The Morgan fingerprint density at radius 3 is 2.29 bits per heavy atom. The summed E-state index contributed by atoms with van der Waals surface area (Å²) in [5.74, 6) is -1.41. The molecule has 0 aromatic carbocycles. The summed E-state index contributed by atoms with van der Waals surface area (Å²) in [5, 5.41) is 8.00. The fourth-order valence-corrected chi connectivity index (χ4v) is 4.06. The van der Waals surface area contributed by atoms with Gasteiger partial charge in [0.15, 0.2) is 5.78 Å². The van der Waals surface area contributed by atoms with Gasteiger partial charge in [-0.25, -0.2) is 0 Å². The van der Waals surface area contributed by atoms with Gasteiger partial charge in [0.05, 0.1) is 6.61 Å². The molecule has 10 heteroatoms. The molecule has 5 atom stereocenters. The molecule has 3 rings (SSSR count). The maximum Gasteiger partial charge on any atom is 0.245 e. The molecule has 0 aromatic heterocycles. The summed E-state index contributed by atoms with van der Waals surface area (Å²) < 4.78 is 4.98. The number of carbonyl (C=O) groups excluding carboxylic acids is 5. The summed E-state index contributed by atoms with van der Waals surface area (Å²) >= 11 is 0. The van der Waals surface area contributed by atoms with E-state index in [1.54, 1.807) is 13.8 Å². The molecule has 31 heavy (non-hydrogen) atoms. The van der Waals surface area contributed by atoms with E-state index in [1.807, 2.05) is 0 Å². The lowest BCUT2D eigenvalue weighted by molar-refractivity contribution is -0.143. The highest BCUT2D eigenvalue weighted by Gasteiger charge is 2.39. The number of rotatable bonds is 7. The lowest BCUT2D eigenvalue weighted by Gasteiger charge is -2.31. The van der Waals surface area contributed by atoms with Crippen LogP contribution in [0.2, 0.25) is 0 Å². The molecule has 0 saturated carbocycles. The van der Waals surface area contributed by atoms with Crippen LogP contribution in [0.15, 0.2) is 0 Å². The highest BCUT2D eigenvalue weighted by atomic mass is 16.6. The molecule has 0 bridgehead atoms. The third-order valence-corrected chi connectivity index (χ3v) is 6.07. The molecule has 172 valence electrons. The summed E-state index contributed by atoms with van der Waals surface area (Å²) in [6.07, 6.45) is 3.92. The van der Waals surface area contributed by atoms with Crippen molar-refractivity contribution in [2.24, 2.45) is 0 Å². The summed E-state index contributed by atoms with van der Waals surface area (Å²) in [6.45, 7) is 4.04. The quantitative estimate of drug-likeness (QED) is 0.360. The Morgan fingerprint density at radius 2 is 1.61 bits per heavy atom. The van der Waals surface area contributed by atoms with Gasteiger partial charge in [0.25, 0.3) is 0 Å².